The number of aliphatic hydroxyl groups is 1. The Labute approximate surface area is 245 Å². The standard InChI is InChI=1S/C22H50O5P10/c1-4-22(2,3)20(26-36(34-29)37(32)33)14-13-17-16(18(23)15-19(17)25-28)11-9-7-5-6-8-10-12-21(24)27-35(30)31/h7,9,16-20,23,34H,4-6,8,10-15,28-33H2,1-3H3/b9-7+. The molecule has 13 atom stereocenters. The minimum Gasteiger partial charge on any atom is -0.437 e. The van der Waals surface area contributed by atoms with Crippen molar-refractivity contribution < 1.29 is 23.5 Å². The highest BCUT2D eigenvalue weighted by Crippen LogP contribution is 2.89. The largest absolute Gasteiger partial charge is 0.437 e. The van der Waals surface area contributed by atoms with E-state index < -0.39 is 15.1 Å². The molecule has 218 valence electrons. The Bertz CT molecular complexity index is 670. The summed E-state index contributed by atoms with van der Waals surface area (Å²) in [6, 6.07) is 0. The van der Waals surface area contributed by atoms with E-state index in [1.165, 1.54) is 0 Å². The van der Waals surface area contributed by atoms with Gasteiger partial charge in [0.1, 0.15) is 7.53 Å². The number of carbonyl (C=O) groups is 1. The lowest BCUT2D eigenvalue weighted by Gasteiger charge is -2.38. The molecule has 0 saturated heterocycles. The lowest BCUT2D eigenvalue weighted by Crippen LogP contribution is -2.32. The fraction of sp³-hybridized carbons (Fsp3) is 0.864. The third-order valence-electron chi connectivity index (χ3n) is 7.30. The highest BCUT2D eigenvalue weighted by atomic mass is 32.9. The molecule has 0 aromatic rings. The Morgan fingerprint density at radius 3 is 2.43 bits per heavy atom. The predicted octanol–water partition coefficient (Wildman–Crippen LogP) is 9.93. The van der Waals surface area contributed by atoms with Crippen molar-refractivity contribution in [1.29, 1.82) is 0 Å². The van der Waals surface area contributed by atoms with Crippen LogP contribution < -0.4 is 0 Å². The van der Waals surface area contributed by atoms with Gasteiger partial charge in [-0.05, 0) is 77.1 Å². The quantitative estimate of drug-likeness (QED) is 0.0824. The molecule has 13 unspecified atom stereocenters. The van der Waals surface area contributed by atoms with Crippen molar-refractivity contribution in [1.82, 2.24) is 0 Å². The number of carbonyl (C=O) groups excluding carboxylic acids is 1. The van der Waals surface area contributed by atoms with Gasteiger partial charge in [0.05, 0.1) is 25.8 Å². The molecule has 0 aromatic heterocycles. The van der Waals surface area contributed by atoms with Crippen LogP contribution in [-0.2, 0) is 18.4 Å². The first-order valence-corrected chi connectivity index (χ1v) is 28.0. The van der Waals surface area contributed by atoms with Crippen LogP contribution in [0.2, 0.25) is 0 Å². The Morgan fingerprint density at radius 2 is 1.86 bits per heavy atom. The van der Waals surface area contributed by atoms with Crippen molar-refractivity contribution >= 4 is 90.1 Å². The van der Waals surface area contributed by atoms with E-state index in [0.29, 0.717) is 18.8 Å². The summed E-state index contributed by atoms with van der Waals surface area (Å²) in [6.45, 7) is 6.65. The summed E-state index contributed by atoms with van der Waals surface area (Å²) in [5.74, 6) is 0.419. The summed E-state index contributed by atoms with van der Waals surface area (Å²) in [5.41, 5.74) is 0.111. The van der Waals surface area contributed by atoms with Gasteiger partial charge >= 0.3 is 5.97 Å². The number of allylic oxidation sites excluding steroid dienone is 2. The van der Waals surface area contributed by atoms with E-state index in [2.05, 4.69) is 87.0 Å². The van der Waals surface area contributed by atoms with Crippen LogP contribution in [0.3, 0.4) is 0 Å². The second-order valence-corrected chi connectivity index (χ2v) is 33.7. The van der Waals surface area contributed by atoms with Gasteiger partial charge in [0.15, 0.2) is 0 Å². The Hall–Kier alpha value is 3.39. The molecule has 0 aromatic carbocycles. The monoisotopic (exact) mass is 704 g/mol. The Balaban J connectivity index is 2.64. The Kier molecular flexibility index (Phi) is 22.0. The van der Waals surface area contributed by atoms with Crippen LogP contribution >= 0.6 is 84.1 Å². The molecule has 0 heterocycles. The van der Waals surface area contributed by atoms with Gasteiger partial charge in [-0.1, -0.05) is 57.2 Å². The van der Waals surface area contributed by atoms with Crippen LogP contribution in [-0.4, -0.2) is 29.4 Å². The molecule has 1 aliphatic rings. The maximum atomic E-state index is 11.6. The zero-order valence-corrected chi connectivity index (χ0v) is 33.1. The fourth-order valence-electron chi connectivity index (χ4n) is 4.71. The normalized spacial score (nSPS) is 24.6. The van der Waals surface area contributed by atoms with E-state index in [1.807, 2.05) is 0 Å². The average molecular weight is 704 g/mol. The maximum absolute atomic E-state index is 11.6. The molecule has 0 aliphatic heterocycles. The first kappa shape index (κ1) is 38.4. The van der Waals surface area contributed by atoms with E-state index in [-0.39, 0.29) is 42.6 Å². The number of hydrogen-bond donors (Lipinski definition) is 1. The molecule has 1 fully saturated rings. The van der Waals surface area contributed by atoms with Gasteiger partial charge < -0.3 is 18.7 Å². The summed E-state index contributed by atoms with van der Waals surface area (Å²) in [4.78, 5) is 11.6. The molecule has 1 saturated carbocycles. The average Bonchev–Trinajstić information content (AvgIpc) is 3.14. The van der Waals surface area contributed by atoms with E-state index in [9.17, 15) is 9.90 Å². The first-order chi connectivity index (χ1) is 17.5. The minimum atomic E-state index is -0.776. The molecule has 1 N–H and O–H groups in total. The smallest absolute Gasteiger partial charge is 0.309 e. The minimum absolute atomic E-state index is 0.0679. The second kappa shape index (κ2) is 21.2. The topological polar surface area (TPSA) is 65.0 Å². The predicted molar refractivity (Wildman–Crippen MR) is 191 cm³/mol. The van der Waals surface area contributed by atoms with Crippen molar-refractivity contribution in [2.45, 2.75) is 103 Å². The zero-order chi connectivity index (χ0) is 28.0. The molecule has 0 radical (unpaired) electrons. The molecule has 0 spiro atoms. The van der Waals surface area contributed by atoms with Gasteiger partial charge in [-0.2, -0.15) is 0 Å². The summed E-state index contributed by atoms with van der Waals surface area (Å²) in [7, 11) is 15.8. The highest BCUT2D eigenvalue weighted by Gasteiger charge is 2.43. The van der Waals surface area contributed by atoms with Gasteiger partial charge in [0.25, 0.3) is 0 Å². The van der Waals surface area contributed by atoms with Crippen molar-refractivity contribution in [3.63, 3.8) is 0 Å². The molecule has 15 heteroatoms. The van der Waals surface area contributed by atoms with Crippen LogP contribution in [0.5, 0.6) is 0 Å². The number of aliphatic hydroxyl groups excluding tert-OH is 1. The molecule has 5 nitrogen and oxygen atoms in total. The fourth-order valence-corrected chi connectivity index (χ4v) is 25.7. The van der Waals surface area contributed by atoms with Gasteiger partial charge in [-0.15, -0.1) is 26.8 Å². The maximum Gasteiger partial charge on any atom is 0.309 e. The molecule has 1 aliphatic carbocycles. The summed E-state index contributed by atoms with van der Waals surface area (Å²) in [6.07, 6.45) is 13.5. The van der Waals surface area contributed by atoms with Gasteiger partial charge in [-0.25, -0.2) is 0 Å². The Morgan fingerprint density at radius 1 is 1.16 bits per heavy atom. The number of rotatable bonds is 19. The lowest BCUT2D eigenvalue weighted by atomic mass is 9.78. The van der Waals surface area contributed by atoms with Crippen LogP contribution in [0.15, 0.2) is 12.2 Å². The van der Waals surface area contributed by atoms with Gasteiger partial charge in [0.2, 0.25) is 0 Å². The van der Waals surface area contributed by atoms with Crippen LogP contribution in [0, 0.1) is 17.3 Å². The highest BCUT2D eigenvalue weighted by molar-refractivity contribution is 8.86. The molecule has 0 bridgehead atoms. The van der Waals surface area contributed by atoms with E-state index in [0.717, 1.165) is 59.3 Å². The van der Waals surface area contributed by atoms with E-state index in [1.54, 1.807) is 0 Å². The second-order valence-electron chi connectivity index (χ2n) is 10.2. The van der Waals surface area contributed by atoms with E-state index >= 15 is 0 Å². The number of hydrogen-bond acceptors (Lipinski definition) is 5. The van der Waals surface area contributed by atoms with E-state index in [4.69, 9.17) is 13.6 Å². The van der Waals surface area contributed by atoms with Crippen molar-refractivity contribution in [3.05, 3.63) is 12.2 Å². The zero-order valence-electron chi connectivity index (χ0n) is 22.5. The van der Waals surface area contributed by atoms with Gasteiger partial charge in [0, 0.05) is 22.3 Å². The van der Waals surface area contributed by atoms with Crippen LogP contribution in [0.4, 0.5) is 0 Å². The van der Waals surface area contributed by atoms with Gasteiger partial charge in [-0.3, -0.25) is 4.79 Å². The third kappa shape index (κ3) is 15.1. The number of unbranched alkanes of at least 4 members (excludes halogenated alkanes) is 3. The summed E-state index contributed by atoms with van der Waals surface area (Å²) < 4.78 is 17.7. The summed E-state index contributed by atoms with van der Waals surface area (Å²) in [5, 5.41) is 10.9. The molecule has 0 amide bonds. The van der Waals surface area contributed by atoms with Crippen molar-refractivity contribution in [2.24, 2.45) is 17.3 Å². The molecule has 37 heavy (non-hydrogen) atoms. The SMILES string of the molecule is CCC(C)(C)C(CCC1C(OP)CC(O)C1C/C=C/CCCCCC(=O)OP(P)P)OP(PP)P(P)P. The third-order valence-corrected chi connectivity index (χ3v) is 27.4. The lowest BCUT2D eigenvalue weighted by molar-refractivity contribution is -0.133. The van der Waals surface area contributed by atoms with Crippen molar-refractivity contribution in [2.75, 3.05) is 0 Å². The van der Waals surface area contributed by atoms with Crippen LogP contribution in [0.1, 0.15) is 85.0 Å². The van der Waals surface area contributed by atoms with Crippen LogP contribution in [0.25, 0.3) is 0 Å². The summed E-state index contributed by atoms with van der Waals surface area (Å²) >= 11 is 0. The molecular formula is C22H50O5P10. The first-order valence-electron chi connectivity index (χ1n) is 12.9. The van der Waals surface area contributed by atoms with Crippen molar-refractivity contribution in [3.8, 4) is 0 Å². The molecular weight excluding hydrogens is 654 g/mol. The molecule has 1 rings (SSSR count).